The molecule has 0 saturated heterocycles. The molecule has 154 valence electrons. The Bertz CT molecular complexity index is 1070. The number of nitrogens with zero attached hydrogens (tertiary/aromatic N) is 2. The van der Waals surface area contributed by atoms with E-state index in [4.69, 9.17) is 12.2 Å². The molecule has 1 aliphatic carbocycles. The first kappa shape index (κ1) is 21.0. The molecular weight excluding hydrogens is 403 g/mol. The molecule has 2 aromatic rings. The monoisotopic (exact) mass is 423 g/mol. The number of aromatic nitrogens is 2. The van der Waals surface area contributed by atoms with E-state index in [0.29, 0.717) is 13.0 Å². The van der Waals surface area contributed by atoms with Crippen molar-refractivity contribution >= 4 is 24.1 Å². The number of benzene rings is 1. The van der Waals surface area contributed by atoms with Gasteiger partial charge in [0.15, 0.2) is 4.77 Å². The van der Waals surface area contributed by atoms with Crippen LogP contribution in [-0.4, -0.2) is 20.9 Å². The number of halogens is 3. The number of hydrogen-bond acceptors (Lipinski definition) is 4. The lowest BCUT2D eigenvalue weighted by Gasteiger charge is -2.15. The van der Waals surface area contributed by atoms with Crippen LogP contribution in [0, 0.1) is 4.77 Å². The average Bonchev–Trinajstić information content (AvgIpc) is 2.68. The second kappa shape index (κ2) is 8.77. The maximum absolute atomic E-state index is 12.8. The number of rotatable bonds is 5. The van der Waals surface area contributed by atoms with Crippen LogP contribution >= 0.6 is 12.2 Å². The Morgan fingerprint density at radius 3 is 2.79 bits per heavy atom. The number of aliphatic imine (C=N–C) groups is 1. The van der Waals surface area contributed by atoms with Gasteiger partial charge in [-0.15, -0.1) is 0 Å². The highest BCUT2D eigenvalue weighted by Crippen LogP contribution is 2.31. The van der Waals surface area contributed by atoms with Crippen LogP contribution in [0.3, 0.4) is 0 Å². The normalized spacial score (nSPS) is 14.9. The standard InChI is InChI=1S/C20H20F3N3O2S/c21-20(22,23)14-7-4-8-15(11-14)24-12-16-17(27)25-19(29)26(18(16)28)10-9-13-5-2-1-3-6-13/h4-5,7-8,11-12,28H,1-3,6,9-10H2,(H,25,27,29). The molecule has 3 rings (SSSR count). The van der Waals surface area contributed by atoms with Crippen LogP contribution < -0.4 is 5.56 Å². The molecule has 0 saturated carbocycles. The summed E-state index contributed by atoms with van der Waals surface area (Å²) in [5.41, 5.74) is -0.366. The maximum atomic E-state index is 12.8. The van der Waals surface area contributed by atoms with E-state index in [-0.39, 0.29) is 21.9 Å². The molecule has 0 aliphatic heterocycles. The van der Waals surface area contributed by atoms with Gasteiger partial charge in [0.25, 0.3) is 5.56 Å². The lowest BCUT2D eigenvalue weighted by atomic mass is 9.97. The number of hydrogen-bond donors (Lipinski definition) is 2. The minimum atomic E-state index is -4.49. The van der Waals surface area contributed by atoms with Crippen LogP contribution in [0.4, 0.5) is 18.9 Å². The summed E-state index contributed by atoms with van der Waals surface area (Å²) in [6, 6.07) is 4.40. The van der Waals surface area contributed by atoms with E-state index in [2.05, 4.69) is 16.1 Å². The molecule has 2 N–H and O–H groups in total. The zero-order valence-electron chi connectivity index (χ0n) is 15.5. The molecule has 0 spiro atoms. The van der Waals surface area contributed by atoms with Crippen LogP contribution in [0.25, 0.3) is 0 Å². The van der Waals surface area contributed by atoms with Crippen LogP contribution in [0.1, 0.15) is 43.2 Å². The molecule has 0 fully saturated rings. The fraction of sp³-hybridized carbons (Fsp3) is 0.350. The fourth-order valence-corrected chi connectivity index (χ4v) is 3.46. The molecular formula is C20H20F3N3O2S. The van der Waals surface area contributed by atoms with Crippen molar-refractivity contribution in [2.75, 3.05) is 0 Å². The zero-order chi connectivity index (χ0) is 21.0. The van der Waals surface area contributed by atoms with Gasteiger partial charge in [0, 0.05) is 12.8 Å². The van der Waals surface area contributed by atoms with Crippen LogP contribution in [0.5, 0.6) is 5.88 Å². The Balaban J connectivity index is 1.88. The van der Waals surface area contributed by atoms with Gasteiger partial charge in [0.2, 0.25) is 5.88 Å². The third-order valence-corrected chi connectivity index (χ3v) is 5.09. The summed E-state index contributed by atoms with van der Waals surface area (Å²) in [6.07, 6.45) is 3.77. The molecule has 0 unspecified atom stereocenters. The number of aromatic hydroxyl groups is 1. The Kier molecular flexibility index (Phi) is 6.36. The Labute approximate surface area is 170 Å². The predicted molar refractivity (Wildman–Crippen MR) is 107 cm³/mol. The quantitative estimate of drug-likeness (QED) is 0.391. The Hall–Kier alpha value is -2.68. The first-order chi connectivity index (χ1) is 13.8. The summed E-state index contributed by atoms with van der Waals surface area (Å²) in [5, 5.41) is 10.5. The first-order valence-electron chi connectivity index (χ1n) is 9.21. The minimum absolute atomic E-state index is 0.0139. The summed E-state index contributed by atoms with van der Waals surface area (Å²) in [5.74, 6) is -0.356. The number of nitrogens with one attached hydrogen (secondary N) is 1. The van der Waals surface area contributed by atoms with E-state index in [9.17, 15) is 23.1 Å². The van der Waals surface area contributed by atoms with Crippen LogP contribution in [0.2, 0.25) is 0 Å². The molecule has 1 aromatic heterocycles. The molecule has 0 bridgehead atoms. The number of allylic oxidation sites excluding steroid dienone is 2. The summed E-state index contributed by atoms with van der Waals surface area (Å²) in [7, 11) is 0. The van der Waals surface area contributed by atoms with Gasteiger partial charge >= 0.3 is 6.18 Å². The topological polar surface area (TPSA) is 70.4 Å². The maximum Gasteiger partial charge on any atom is 0.416 e. The van der Waals surface area contributed by atoms with Gasteiger partial charge in [0.1, 0.15) is 5.56 Å². The summed E-state index contributed by atoms with van der Waals surface area (Å²) in [6.45, 7) is 0.387. The van der Waals surface area contributed by atoms with Crippen molar-refractivity contribution in [1.29, 1.82) is 0 Å². The van der Waals surface area contributed by atoms with E-state index in [1.165, 1.54) is 28.7 Å². The van der Waals surface area contributed by atoms with Crippen molar-refractivity contribution in [3.63, 3.8) is 0 Å². The highest BCUT2D eigenvalue weighted by molar-refractivity contribution is 7.71. The van der Waals surface area contributed by atoms with Crippen molar-refractivity contribution in [1.82, 2.24) is 9.55 Å². The van der Waals surface area contributed by atoms with E-state index >= 15 is 0 Å². The van der Waals surface area contributed by atoms with E-state index < -0.39 is 17.3 Å². The average molecular weight is 423 g/mol. The van der Waals surface area contributed by atoms with Crippen molar-refractivity contribution in [3.8, 4) is 5.88 Å². The number of aromatic amines is 1. The molecule has 9 heteroatoms. The lowest BCUT2D eigenvalue weighted by molar-refractivity contribution is -0.137. The molecule has 1 aliphatic rings. The summed E-state index contributed by atoms with van der Waals surface area (Å²) >= 11 is 5.15. The second-order valence-corrected chi connectivity index (χ2v) is 7.20. The highest BCUT2D eigenvalue weighted by Gasteiger charge is 2.30. The van der Waals surface area contributed by atoms with Gasteiger partial charge in [-0.25, -0.2) is 0 Å². The van der Waals surface area contributed by atoms with Crippen LogP contribution in [-0.2, 0) is 12.7 Å². The van der Waals surface area contributed by atoms with Crippen LogP contribution in [0.15, 0.2) is 45.7 Å². The van der Waals surface area contributed by atoms with E-state index in [1.54, 1.807) is 0 Å². The van der Waals surface area contributed by atoms with Gasteiger partial charge < -0.3 is 5.11 Å². The lowest BCUT2D eigenvalue weighted by Crippen LogP contribution is -2.19. The first-order valence-corrected chi connectivity index (χ1v) is 9.62. The molecule has 0 atom stereocenters. The second-order valence-electron chi connectivity index (χ2n) is 6.81. The minimum Gasteiger partial charge on any atom is -0.494 e. The molecule has 1 aromatic carbocycles. The van der Waals surface area contributed by atoms with Crippen molar-refractivity contribution in [2.45, 2.75) is 44.8 Å². The molecule has 29 heavy (non-hydrogen) atoms. The molecule has 0 radical (unpaired) electrons. The van der Waals surface area contributed by atoms with Gasteiger partial charge in [-0.3, -0.25) is 19.3 Å². The third kappa shape index (κ3) is 5.23. The Morgan fingerprint density at radius 1 is 1.31 bits per heavy atom. The number of alkyl halides is 3. The zero-order valence-corrected chi connectivity index (χ0v) is 16.3. The predicted octanol–water partition coefficient (Wildman–Crippen LogP) is 5.27. The molecule has 1 heterocycles. The smallest absolute Gasteiger partial charge is 0.416 e. The van der Waals surface area contributed by atoms with Crippen molar-refractivity contribution in [3.05, 3.63) is 62.2 Å². The van der Waals surface area contributed by atoms with E-state index in [1.807, 2.05) is 0 Å². The van der Waals surface area contributed by atoms with Gasteiger partial charge in [0.05, 0.1) is 11.3 Å². The summed E-state index contributed by atoms with van der Waals surface area (Å²) < 4.78 is 40.0. The third-order valence-electron chi connectivity index (χ3n) is 4.76. The Morgan fingerprint density at radius 2 is 2.10 bits per heavy atom. The van der Waals surface area contributed by atoms with E-state index in [0.717, 1.165) is 37.6 Å². The summed E-state index contributed by atoms with van der Waals surface area (Å²) in [4.78, 5) is 18.6. The van der Waals surface area contributed by atoms with Gasteiger partial charge in [-0.2, -0.15) is 13.2 Å². The molecule has 0 amide bonds. The number of H-pyrrole nitrogens is 1. The van der Waals surface area contributed by atoms with Crippen molar-refractivity contribution in [2.24, 2.45) is 4.99 Å². The highest BCUT2D eigenvalue weighted by atomic mass is 32.1. The molecule has 5 nitrogen and oxygen atoms in total. The van der Waals surface area contributed by atoms with Crippen molar-refractivity contribution < 1.29 is 18.3 Å². The fourth-order valence-electron chi connectivity index (χ4n) is 3.19. The van der Waals surface area contributed by atoms with Gasteiger partial charge in [-0.1, -0.05) is 17.7 Å². The van der Waals surface area contributed by atoms with Gasteiger partial charge in [-0.05, 0) is 62.5 Å². The SMILES string of the molecule is O=c1[nH]c(=S)n(CCC2=CCCCC2)c(O)c1C=Nc1cccc(C(F)(F)F)c1. The largest absolute Gasteiger partial charge is 0.494 e.